The lowest BCUT2D eigenvalue weighted by atomic mass is 9.76. The molecule has 2 bridgehead atoms. The van der Waals surface area contributed by atoms with E-state index in [1.54, 1.807) is 11.1 Å². The maximum Gasteiger partial charge on any atom is 0.0323 e. The van der Waals surface area contributed by atoms with Gasteiger partial charge >= 0.3 is 0 Å². The van der Waals surface area contributed by atoms with E-state index < -0.39 is 0 Å². The molecule has 0 aromatic heterocycles. The van der Waals surface area contributed by atoms with Crippen molar-refractivity contribution in [1.82, 2.24) is 5.32 Å². The Bertz CT molecular complexity index is 272. The average molecular weight is 196 g/mol. The molecule has 1 aliphatic carbocycles. The summed E-state index contributed by atoms with van der Waals surface area (Å²) < 4.78 is 0. The Morgan fingerprint density at radius 3 is 2.46 bits per heavy atom. The minimum atomic E-state index is 0. The van der Waals surface area contributed by atoms with E-state index in [2.05, 4.69) is 29.6 Å². The molecule has 1 N–H and O–H groups in total. The van der Waals surface area contributed by atoms with Gasteiger partial charge in [-0.15, -0.1) is 12.4 Å². The molecule has 2 heterocycles. The SMILES string of the molecule is Cl.c1ccc2c(c1)[C@@H]1CC[C@@H]2NC1. The first kappa shape index (κ1) is 9.04. The number of rotatable bonds is 0. The lowest BCUT2D eigenvalue weighted by Crippen LogP contribution is -2.38. The van der Waals surface area contributed by atoms with Crippen LogP contribution in [0.1, 0.15) is 35.9 Å². The molecule has 1 aromatic carbocycles. The van der Waals surface area contributed by atoms with Crippen LogP contribution in [0.4, 0.5) is 0 Å². The van der Waals surface area contributed by atoms with Gasteiger partial charge in [0.15, 0.2) is 0 Å². The van der Waals surface area contributed by atoms with Crippen LogP contribution >= 0.6 is 12.4 Å². The van der Waals surface area contributed by atoms with Crippen LogP contribution in [0.25, 0.3) is 0 Å². The highest BCUT2D eigenvalue weighted by Crippen LogP contribution is 2.40. The maximum absolute atomic E-state index is 3.57. The molecule has 1 aromatic rings. The first-order chi connectivity index (χ1) is 5.95. The molecule has 2 heteroatoms. The number of piperidine rings is 1. The van der Waals surface area contributed by atoms with E-state index in [0.717, 1.165) is 5.92 Å². The summed E-state index contributed by atoms with van der Waals surface area (Å²) in [6.07, 6.45) is 2.72. The Morgan fingerprint density at radius 2 is 1.85 bits per heavy atom. The monoisotopic (exact) mass is 195 g/mol. The Morgan fingerprint density at radius 1 is 1.08 bits per heavy atom. The highest BCUT2D eigenvalue weighted by Gasteiger charge is 2.31. The quantitative estimate of drug-likeness (QED) is 0.671. The van der Waals surface area contributed by atoms with Gasteiger partial charge in [0.25, 0.3) is 0 Å². The van der Waals surface area contributed by atoms with Gasteiger partial charge in [-0.05, 0) is 29.9 Å². The van der Waals surface area contributed by atoms with E-state index in [1.165, 1.54) is 19.4 Å². The molecule has 3 aliphatic rings. The second-order valence-corrected chi connectivity index (χ2v) is 3.86. The van der Waals surface area contributed by atoms with Gasteiger partial charge in [0.1, 0.15) is 0 Å². The number of hydrogen-bond donors (Lipinski definition) is 1. The maximum atomic E-state index is 3.57. The van der Waals surface area contributed by atoms with Gasteiger partial charge in [0.2, 0.25) is 0 Å². The Labute approximate surface area is 84.9 Å². The van der Waals surface area contributed by atoms with Crippen LogP contribution in [0.3, 0.4) is 0 Å². The van der Waals surface area contributed by atoms with E-state index in [0.29, 0.717) is 6.04 Å². The summed E-state index contributed by atoms with van der Waals surface area (Å²) in [5.41, 5.74) is 3.16. The lowest BCUT2D eigenvalue weighted by molar-refractivity contribution is 0.338. The fraction of sp³-hybridized carbons (Fsp3) is 0.455. The molecule has 4 rings (SSSR count). The van der Waals surface area contributed by atoms with Crippen LogP contribution in [0.15, 0.2) is 24.3 Å². The first-order valence-corrected chi connectivity index (χ1v) is 4.77. The topological polar surface area (TPSA) is 12.0 Å². The Balaban J connectivity index is 0.000000653. The second-order valence-electron chi connectivity index (χ2n) is 3.86. The summed E-state index contributed by atoms with van der Waals surface area (Å²) in [7, 11) is 0. The molecular formula is C11H14ClN. The number of hydrogen-bond acceptors (Lipinski definition) is 1. The summed E-state index contributed by atoms with van der Waals surface area (Å²) in [5.74, 6) is 0.797. The van der Waals surface area contributed by atoms with Crippen molar-refractivity contribution in [1.29, 1.82) is 0 Å². The summed E-state index contributed by atoms with van der Waals surface area (Å²) in [6, 6.07) is 9.55. The summed E-state index contributed by atoms with van der Waals surface area (Å²) >= 11 is 0. The molecule has 13 heavy (non-hydrogen) atoms. The molecule has 0 spiro atoms. The van der Waals surface area contributed by atoms with E-state index in [-0.39, 0.29) is 12.4 Å². The van der Waals surface area contributed by atoms with Crippen molar-refractivity contribution in [3.8, 4) is 0 Å². The molecule has 2 atom stereocenters. The fourth-order valence-corrected chi connectivity index (χ4v) is 2.59. The second kappa shape index (κ2) is 3.32. The number of halogens is 1. The van der Waals surface area contributed by atoms with Crippen LogP contribution in [-0.2, 0) is 0 Å². The molecule has 1 fully saturated rings. The number of fused-ring (bicyclic) bond motifs is 2. The van der Waals surface area contributed by atoms with E-state index >= 15 is 0 Å². The molecule has 0 radical (unpaired) electrons. The van der Waals surface area contributed by atoms with E-state index in [1.807, 2.05) is 0 Å². The van der Waals surface area contributed by atoms with Gasteiger partial charge < -0.3 is 5.32 Å². The van der Waals surface area contributed by atoms with Crippen molar-refractivity contribution in [2.45, 2.75) is 24.8 Å². The number of benzene rings is 1. The van der Waals surface area contributed by atoms with Crippen molar-refractivity contribution < 1.29 is 0 Å². The average Bonchev–Trinajstić information content (AvgIpc) is 2.20. The predicted molar refractivity (Wildman–Crippen MR) is 56.4 cm³/mol. The zero-order chi connectivity index (χ0) is 7.97. The molecule has 1 nitrogen and oxygen atoms in total. The zero-order valence-electron chi connectivity index (χ0n) is 7.49. The normalized spacial score (nSPS) is 29.2. The largest absolute Gasteiger partial charge is 0.309 e. The van der Waals surface area contributed by atoms with Crippen molar-refractivity contribution in [2.75, 3.05) is 6.54 Å². The molecular weight excluding hydrogens is 182 g/mol. The Kier molecular flexibility index (Phi) is 2.31. The van der Waals surface area contributed by atoms with Crippen LogP contribution in [-0.4, -0.2) is 6.54 Å². The summed E-state index contributed by atoms with van der Waals surface area (Å²) in [5, 5.41) is 3.57. The molecule has 70 valence electrons. The van der Waals surface area contributed by atoms with Crippen LogP contribution in [0.2, 0.25) is 0 Å². The smallest absolute Gasteiger partial charge is 0.0323 e. The number of nitrogens with one attached hydrogen (secondary N) is 1. The van der Waals surface area contributed by atoms with Gasteiger partial charge in [-0.25, -0.2) is 0 Å². The Hall–Kier alpha value is -0.530. The van der Waals surface area contributed by atoms with Gasteiger partial charge in [0, 0.05) is 12.6 Å². The molecule has 0 unspecified atom stereocenters. The standard InChI is InChI=1S/C11H13N.ClH/c1-2-4-10-9(3-1)8-5-6-11(10)12-7-8;/h1-4,8,11-12H,5-7H2;1H/t8-,11+;/m1./s1. The van der Waals surface area contributed by atoms with E-state index in [9.17, 15) is 0 Å². The fourth-order valence-electron chi connectivity index (χ4n) is 2.59. The van der Waals surface area contributed by atoms with Crippen LogP contribution in [0, 0.1) is 0 Å². The molecule has 0 amide bonds. The summed E-state index contributed by atoms with van der Waals surface area (Å²) in [4.78, 5) is 0. The summed E-state index contributed by atoms with van der Waals surface area (Å²) in [6.45, 7) is 1.20. The predicted octanol–water partition coefficient (Wildman–Crippen LogP) is 2.63. The van der Waals surface area contributed by atoms with Crippen molar-refractivity contribution in [3.63, 3.8) is 0 Å². The molecule has 0 saturated carbocycles. The van der Waals surface area contributed by atoms with Gasteiger partial charge in [-0.3, -0.25) is 0 Å². The molecule has 2 aliphatic heterocycles. The van der Waals surface area contributed by atoms with Gasteiger partial charge in [-0.1, -0.05) is 24.3 Å². The van der Waals surface area contributed by atoms with Crippen LogP contribution < -0.4 is 5.32 Å². The third-order valence-corrected chi connectivity index (χ3v) is 3.23. The van der Waals surface area contributed by atoms with Crippen molar-refractivity contribution in [2.24, 2.45) is 0 Å². The third kappa shape index (κ3) is 1.27. The highest BCUT2D eigenvalue weighted by molar-refractivity contribution is 5.85. The molecule has 1 saturated heterocycles. The minimum Gasteiger partial charge on any atom is -0.309 e. The zero-order valence-corrected chi connectivity index (χ0v) is 8.31. The lowest BCUT2D eigenvalue weighted by Gasteiger charge is -2.39. The third-order valence-electron chi connectivity index (χ3n) is 3.23. The minimum absolute atomic E-state index is 0. The first-order valence-electron chi connectivity index (χ1n) is 4.77. The van der Waals surface area contributed by atoms with Crippen LogP contribution in [0.5, 0.6) is 0 Å². The van der Waals surface area contributed by atoms with E-state index in [4.69, 9.17) is 0 Å². The highest BCUT2D eigenvalue weighted by atomic mass is 35.5. The van der Waals surface area contributed by atoms with Crippen molar-refractivity contribution >= 4 is 12.4 Å². The van der Waals surface area contributed by atoms with Crippen molar-refractivity contribution in [3.05, 3.63) is 35.4 Å². The van der Waals surface area contributed by atoms with Gasteiger partial charge in [0.05, 0.1) is 0 Å². The van der Waals surface area contributed by atoms with Gasteiger partial charge in [-0.2, -0.15) is 0 Å².